The molecule has 2 N–H and O–H groups in total. The van der Waals surface area contributed by atoms with Crippen LogP contribution >= 0.6 is 0 Å². The Morgan fingerprint density at radius 2 is 1.94 bits per heavy atom. The summed E-state index contributed by atoms with van der Waals surface area (Å²) in [5, 5.41) is 0. The summed E-state index contributed by atoms with van der Waals surface area (Å²) in [6.07, 6.45) is 3.40. The van der Waals surface area contributed by atoms with Gasteiger partial charge in [-0.25, -0.2) is 0 Å². The Bertz CT molecular complexity index is 271. The van der Waals surface area contributed by atoms with E-state index >= 15 is 0 Å². The number of hydrogen-bond donors (Lipinski definition) is 1. The molecule has 0 aromatic heterocycles. The quantitative estimate of drug-likeness (QED) is 0.764. The minimum Gasteiger partial charge on any atom is -0.327 e. The van der Waals surface area contributed by atoms with E-state index in [0.29, 0.717) is 6.04 Å². The zero-order valence-corrected chi connectivity index (χ0v) is 10.5. The second-order valence-corrected chi connectivity index (χ2v) is 4.55. The molecule has 0 saturated carbocycles. The van der Waals surface area contributed by atoms with Crippen LogP contribution in [-0.2, 0) is 6.42 Å². The lowest BCUT2D eigenvalue weighted by Gasteiger charge is -2.20. The molecule has 2 heteroatoms. The van der Waals surface area contributed by atoms with Crippen molar-refractivity contribution in [1.82, 2.24) is 4.90 Å². The Morgan fingerprint density at radius 1 is 1.25 bits per heavy atom. The van der Waals surface area contributed by atoms with E-state index in [9.17, 15) is 0 Å². The monoisotopic (exact) mass is 220 g/mol. The second-order valence-electron chi connectivity index (χ2n) is 4.55. The molecule has 0 radical (unpaired) electrons. The standard InChI is InChI=1S/C14H24N2/c1-3-7-14(15)12-16(2)11-10-13-8-5-4-6-9-13/h4-6,8-9,14H,3,7,10-12,15H2,1-2H3/t14-/m0/s1. The molecule has 0 fully saturated rings. The highest BCUT2D eigenvalue weighted by Gasteiger charge is 2.05. The van der Waals surface area contributed by atoms with Crippen LogP contribution in [0.1, 0.15) is 25.3 Å². The van der Waals surface area contributed by atoms with Crippen molar-refractivity contribution >= 4 is 0 Å². The summed E-state index contributed by atoms with van der Waals surface area (Å²) in [4.78, 5) is 2.33. The van der Waals surface area contributed by atoms with Crippen molar-refractivity contribution in [3.63, 3.8) is 0 Å². The average molecular weight is 220 g/mol. The molecule has 0 spiro atoms. The van der Waals surface area contributed by atoms with E-state index in [-0.39, 0.29) is 0 Å². The summed E-state index contributed by atoms with van der Waals surface area (Å²) in [5.74, 6) is 0. The van der Waals surface area contributed by atoms with Gasteiger partial charge in [-0.3, -0.25) is 0 Å². The lowest BCUT2D eigenvalue weighted by Crippen LogP contribution is -2.36. The number of nitrogens with zero attached hydrogens (tertiary/aromatic N) is 1. The predicted octanol–water partition coefficient (Wildman–Crippen LogP) is 2.29. The molecule has 0 aliphatic rings. The van der Waals surface area contributed by atoms with Crippen molar-refractivity contribution in [2.45, 2.75) is 32.2 Å². The molecule has 0 heterocycles. The van der Waals surface area contributed by atoms with Gasteiger partial charge >= 0.3 is 0 Å². The van der Waals surface area contributed by atoms with Crippen molar-refractivity contribution in [2.24, 2.45) is 5.73 Å². The van der Waals surface area contributed by atoms with Gasteiger partial charge in [0.05, 0.1) is 0 Å². The molecule has 0 bridgehead atoms. The molecule has 1 atom stereocenters. The Kier molecular flexibility index (Phi) is 6.12. The molecule has 1 rings (SSSR count). The van der Waals surface area contributed by atoms with Crippen LogP contribution in [0, 0.1) is 0 Å². The summed E-state index contributed by atoms with van der Waals surface area (Å²) in [5.41, 5.74) is 7.41. The van der Waals surface area contributed by atoms with Gasteiger partial charge in [-0.05, 0) is 25.5 Å². The van der Waals surface area contributed by atoms with Gasteiger partial charge in [0.2, 0.25) is 0 Å². The summed E-state index contributed by atoms with van der Waals surface area (Å²) < 4.78 is 0. The van der Waals surface area contributed by atoms with Gasteiger partial charge in [-0.1, -0.05) is 43.7 Å². The highest BCUT2D eigenvalue weighted by molar-refractivity contribution is 5.14. The van der Waals surface area contributed by atoms with Crippen LogP contribution in [0.5, 0.6) is 0 Å². The molecular weight excluding hydrogens is 196 g/mol. The number of benzene rings is 1. The Morgan fingerprint density at radius 3 is 2.56 bits per heavy atom. The van der Waals surface area contributed by atoms with Gasteiger partial charge in [0.15, 0.2) is 0 Å². The fraction of sp³-hybridized carbons (Fsp3) is 0.571. The first-order valence-corrected chi connectivity index (χ1v) is 6.20. The molecule has 1 aromatic rings. The molecule has 90 valence electrons. The highest BCUT2D eigenvalue weighted by Crippen LogP contribution is 2.02. The number of rotatable bonds is 7. The third-order valence-electron chi connectivity index (χ3n) is 2.83. The first-order chi connectivity index (χ1) is 7.72. The second kappa shape index (κ2) is 7.42. The van der Waals surface area contributed by atoms with Crippen LogP contribution in [-0.4, -0.2) is 31.1 Å². The Balaban J connectivity index is 2.22. The molecular formula is C14H24N2. The SMILES string of the molecule is CCC[C@H](N)CN(C)CCc1ccccc1. The number of likely N-dealkylation sites (N-methyl/N-ethyl adjacent to an activating group) is 1. The molecule has 16 heavy (non-hydrogen) atoms. The van der Waals surface area contributed by atoms with E-state index in [1.807, 2.05) is 0 Å². The first kappa shape index (κ1) is 13.2. The molecule has 0 unspecified atom stereocenters. The lowest BCUT2D eigenvalue weighted by atomic mass is 10.1. The van der Waals surface area contributed by atoms with E-state index in [1.165, 1.54) is 12.0 Å². The van der Waals surface area contributed by atoms with Crippen LogP contribution in [0.4, 0.5) is 0 Å². The largest absolute Gasteiger partial charge is 0.327 e. The summed E-state index contributed by atoms with van der Waals surface area (Å²) in [6.45, 7) is 4.27. The van der Waals surface area contributed by atoms with Gasteiger partial charge in [-0.2, -0.15) is 0 Å². The van der Waals surface area contributed by atoms with Crippen molar-refractivity contribution in [3.05, 3.63) is 35.9 Å². The smallest absolute Gasteiger partial charge is 0.0167 e. The van der Waals surface area contributed by atoms with E-state index < -0.39 is 0 Å². The van der Waals surface area contributed by atoms with E-state index in [1.54, 1.807) is 0 Å². The highest BCUT2D eigenvalue weighted by atomic mass is 15.1. The first-order valence-electron chi connectivity index (χ1n) is 6.20. The third-order valence-corrected chi connectivity index (χ3v) is 2.83. The summed E-state index contributed by atoms with van der Waals surface area (Å²) in [7, 11) is 2.15. The summed E-state index contributed by atoms with van der Waals surface area (Å²) in [6, 6.07) is 10.9. The number of hydrogen-bond acceptors (Lipinski definition) is 2. The molecule has 2 nitrogen and oxygen atoms in total. The maximum absolute atomic E-state index is 6.01. The van der Waals surface area contributed by atoms with Crippen molar-refractivity contribution in [2.75, 3.05) is 20.1 Å². The van der Waals surface area contributed by atoms with Crippen LogP contribution in [0.3, 0.4) is 0 Å². The molecule has 0 amide bonds. The van der Waals surface area contributed by atoms with Crippen molar-refractivity contribution < 1.29 is 0 Å². The fourth-order valence-electron chi connectivity index (χ4n) is 1.92. The minimum absolute atomic E-state index is 0.325. The normalized spacial score (nSPS) is 13.0. The van der Waals surface area contributed by atoms with Crippen LogP contribution in [0.25, 0.3) is 0 Å². The van der Waals surface area contributed by atoms with Crippen LogP contribution in [0.15, 0.2) is 30.3 Å². The zero-order valence-electron chi connectivity index (χ0n) is 10.5. The van der Waals surface area contributed by atoms with Gasteiger partial charge in [0, 0.05) is 19.1 Å². The van der Waals surface area contributed by atoms with E-state index in [4.69, 9.17) is 5.73 Å². The van der Waals surface area contributed by atoms with E-state index in [0.717, 1.165) is 25.9 Å². The minimum atomic E-state index is 0.325. The summed E-state index contributed by atoms with van der Waals surface area (Å²) >= 11 is 0. The van der Waals surface area contributed by atoms with E-state index in [2.05, 4.69) is 49.2 Å². The van der Waals surface area contributed by atoms with Gasteiger partial charge in [0.1, 0.15) is 0 Å². The molecule has 0 saturated heterocycles. The Hall–Kier alpha value is -0.860. The average Bonchev–Trinajstić information content (AvgIpc) is 2.28. The third kappa shape index (κ3) is 5.29. The lowest BCUT2D eigenvalue weighted by molar-refractivity contribution is 0.307. The number of nitrogens with two attached hydrogens (primary N) is 1. The molecule has 1 aromatic carbocycles. The predicted molar refractivity (Wildman–Crippen MR) is 70.5 cm³/mol. The maximum atomic E-state index is 6.01. The molecule has 0 aliphatic carbocycles. The van der Waals surface area contributed by atoms with Crippen LogP contribution in [0.2, 0.25) is 0 Å². The fourth-order valence-corrected chi connectivity index (χ4v) is 1.92. The van der Waals surface area contributed by atoms with Crippen LogP contribution < -0.4 is 5.73 Å². The van der Waals surface area contributed by atoms with Gasteiger partial charge in [-0.15, -0.1) is 0 Å². The Labute approximate surface area is 99.5 Å². The van der Waals surface area contributed by atoms with Crippen molar-refractivity contribution in [1.29, 1.82) is 0 Å². The maximum Gasteiger partial charge on any atom is 0.0167 e. The zero-order chi connectivity index (χ0) is 11.8. The molecule has 0 aliphatic heterocycles. The topological polar surface area (TPSA) is 29.3 Å². The van der Waals surface area contributed by atoms with Crippen molar-refractivity contribution in [3.8, 4) is 0 Å². The van der Waals surface area contributed by atoms with Gasteiger partial charge < -0.3 is 10.6 Å². The van der Waals surface area contributed by atoms with Gasteiger partial charge in [0.25, 0.3) is 0 Å².